The topological polar surface area (TPSA) is 66.5 Å². The fraction of sp³-hybridized carbons (Fsp3) is 0.471. The minimum atomic E-state index is -0.354. The summed E-state index contributed by atoms with van der Waals surface area (Å²) in [4.78, 5) is 37.7. The zero-order chi connectivity index (χ0) is 17.3. The van der Waals surface area contributed by atoms with E-state index in [1.807, 2.05) is 32.9 Å². The maximum atomic E-state index is 12.3. The van der Waals surface area contributed by atoms with E-state index >= 15 is 0 Å². The van der Waals surface area contributed by atoms with Crippen molar-refractivity contribution in [2.45, 2.75) is 45.1 Å². The molecule has 1 N–H and O–H groups in total. The average Bonchev–Trinajstić information content (AvgIpc) is 2.45. The van der Waals surface area contributed by atoms with E-state index in [0.29, 0.717) is 0 Å². The van der Waals surface area contributed by atoms with Crippen LogP contribution in [-0.2, 0) is 14.4 Å². The van der Waals surface area contributed by atoms with E-state index in [0.717, 1.165) is 27.3 Å². The summed E-state index contributed by atoms with van der Waals surface area (Å²) in [5, 5.41) is 2.22. The molecule has 0 saturated carbocycles. The number of hydrogen-bond donors (Lipinski definition) is 1. The SMILES string of the molecule is Cc1cc(C)c(NC(=O)CN2C(=O)[C@H](C)S[C@H](C)C2=O)c(C)c1. The van der Waals surface area contributed by atoms with E-state index in [9.17, 15) is 14.4 Å². The summed E-state index contributed by atoms with van der Waals surface area (Å²) in [5.74, 6) is -0.954. The van der Waals surface area contributed by atoms with Gasteiger partial charge in [-0.1, -0.05) is 17.7 Å². The third kappa shape index (κ3) is 3.75. The van der Waals surface area contributed by atoms with Crippen LogP contribution in [0.25, 0.3) is 0 Å². The second kappa shape index (κ2) is 6.74. The Morgan fingerprint density at radius 2 is 1.57 bits per heavy atom. The predicted molar refractivity (Wildman–Crippen MR) is 92.5 cm³/mol. The van der Waals surface area contributed by atoms with Crippen LogP contribution < -0.4 is 5.32 Å². The van der Waals surface area contributed by atoms with E-state index in [1.165, 1.54) is 11.8 Å². The van der Waals surface area contributed by atoms with Crippen molar-refractivity contribution in [1.82, 2.24) is 4.90 Å². The van der Waals surface area contributed by atoms with Crippen LogP contribution in [0.3, 0.4) is 0 Å². The Labute approximate surface area is 140 Å². The van der Waals surface area contributed by atoms with Crippen molar-refractivity contribution in [1.29, 1.82) is 0 Å². The molecule has 0 aromatic heterocycles. The fourth-order valence-electron chi connectivity index (χ4n) is 2.83. The van der Waals surface area contributed by atoms with Crippen LogP contribution in [0.5, 0.6) is 0 Å². The number of carbonyl (C=O) groups excluding carboxylic acids is 3. The number of nitrogens with zero attached hydrogens (tertiary/aromatic N) is 1. The van der Waals surface area contributed by atoms with Gasteiger partial charge in [0.15, 0.2) is 0 Å². The van der Waals surface area contributed by atoms with Crippen molar-refractivity contribution in [3.05, 3.63) is 28.8 Å². The van der Waals surface area contributed by atoms with Crippen LogP contribution in [0, 0.1) is 20.8 Å². The second-order valence-corrected chi connectivity index (χ2v) is 7.69. The van der Waals surface area contributed by atoms with Crippen LogP contribution in [0.15, 0.2) is 12.1 Å². The van der Waals surface area contributed by atoms with Gasteiger partial charge < -0.3 is 5.32 Å². The quantitative estimate of drug-likeness (QED) is 0.862. The van der Waals surface area contributed by atoms with Crippen molar-refractivity contribution in [3.63, 3.8) is 0 Å². The summed E-state index contributed by atoms with van der Waals surface area (Å²) in [6.45, 7) is 9.13. The first kappa shape index (κ1) is 17.5. The van der Waals surface area contributed by atoms with Crippen LogP contribution in [0.2, 0.25) is 0 Å². The standard InChI is InChI=1S/C17H22N2O3S/c1-9-6-10(2)15(11(3)7-9)18-14(20)8-19-16(21)12(4)23-13(5)17(19)22/h6-7,12-13H,8H2,1-5H3,(H,18,20)/t12-,13+. The van der Waals surface area contributed by atoms with Gasteiger partial charge in [-0.3, -0.25) is 19.3 Å². The molecule has 0 unspecified atom stereocenters. The Kier molecular flexibility index (Phi) is 5.14. The summed E-state index contributed by atoms with van der Waals surface area (Å²) in [5.41, 5.74) is 3.79. The molecule has 0 radical (unpaired) electrons. The maximum Gasteiger partial charge on any atom is 0.244 e. The highest BCUT2D eigenvalue weighted by Crippen LogP contribution is 2.27. The van der Waals surface area contributed by atoms with Gasteiger partial charge in [0.05, 0.1) is 10.5 Å². The van der Waals surface area contributed by atoms with Gasteiger partial charge in [0.25, 0.3) is 0 Å². The van der Waals surface area contributed by atoms with Crippen molar-refractivity contribution in [2.75, 3.05) is 11.9 Å². The smallest absolute Gasteiger partial charge is 0.244 e. The minimum Gasteiger partial charge on any atom is -0.324 e. The zero-order valence-corrected chi connectivity index (χ0v) is 14.9. The highest BCUT2D eigenvalue weighted by atomic mass is 32.2. The van der Waals surface area contributed by atoms with Crippen molar-refractivity contribution in [2.24, 2.45) is 0 Å². The van der Waals surface area contributed by atoms with E-state index in [2.05, 4.69) is 5.32 Å². The normalized spacial score (nSPS) is 21.5. The van der Waals surface area contributed by atoms with Crippen LogP contribution >= 0.6 is 11.8 Å². The number of hydrogen-bond acceptors (Lipinski definition) is 4. The first-order valence-electron chi connectivity index (χ1n) is 7.59. The van der Waals surface area contributed by atoms with Gasteiger partial charge in [-0.2, -0.15) is 0 Å². The molecule has 1 saturated heterocycles. The highest BCUT2D eigenvalue weighted by Gasteiger charge is 2.38. The molecule has 2 rings (SSSR count). The fourth-order valence-corrected chi connectivity index (χ4v) is 3.93. The molecule has 1 heterocycles. The third-order valence-electron chi connectivity index (χ3n) is 3.88. The molecule has 2 atom stereocenters. The monoisotopic (exact) mass is 334 g/mol. The number of carbonyl (C=O) groups is 3. The Morgan fingerprint density at radius 3 is 2.04 bits per heavy atom. The molecule has 3 amide bonds. The number of anilines is 1. The molecule has 0 spiro atoms. The number of thioether (sulfide) groups is 1. The van der Waals surface area contributed by atoms with Crippen LogP contribution in [0.1, 0.15) is 30.5 Å². The lowest BCUT2D eigenvalue weighted by atomic mass is 10.1. The van der Waals surface area contributed by atoms with E-state index < -0.39 is 0 Å². The molecule has 124 valence electrons. The lowest BCUT2D eigenvalue weighted by molar-refractivity contribution is -0.147. The first-order valence-corrected chi connectivity index (χ1v) is 8.53. The molecule has 6 heteroatoms. The summed E-state index contributed by atoms with van der Waals surface area (Å²) in [7, 11) is 0. The lowest BCUT2D eigenvalue weighted by Crippen LogP contribution is -2.52. The third-order valence-corrected chi connectivity index (χ3v) is 5.10. The molecule has 23 heavy (non-hydrogen) atoms. The van der Waals surface area contributed by atoms with Crippen molar-refractivity contribution < 1.29 is 14.4 Å². The molecule has 0 aliphatic carbocycles. The number of rotatable bonds is 3. The molecular formula is C17H22N2O3S. The van der Waals surface area contributed by atoms with Gasteiger partial charge in [-0.25, -0.2) is 0 Å². The Balaban J connectivity index is 2.13. The number of benzene rings is 1. The predicted octanol–water partition coefficient (Wildman–Crippen LogP) is 2.43. The van der Waals surface area contributed by atoms with E-state index in [4.69, 9.17) is 0 Å². The van der Waals surface area contributed by atoms with Crippen LogP contribution in [-0.4, -0.2) is 39.7 Å². The van der Waals surface area contributed by atoms with Gasteiger partial charge in [-0.05, 0) is 45.7 Å². The Morgan fingerprint density at radius 1 is 1.09 bits per heavy atom. The average molecular weight is 334 g/mol. The molecular weight excluding hydrogens is 312 g/mol. The summed E-state index contributed by atoms with van der Waals surface area (Å²) in [6.07, 6.45) is 0. The molecule has 1 aromatic rings. The van der Waals surface area contributed by atoms with Gasteiger partial charge in [0, 0.05) is 5.69 Å². The zero-order valence-electron chi connectivity index (χ0n) is 14.1. The summed E-state index contributed by atoms with van der Waals surface area (Å²) >= 11 is 1.33. The second-order valence-electron chi connectivity index (χ2n) is 6.01. The Hall–Kier alpha value is -1.82. The van der Waals surface area contributed by atoms with Gasteiger partial charge in [0.1, 0.15) is 6.54 Å². The van der Waals surface area contributed by atoms with Crippen LogP contribution in [0.4, 0.5) is 5.69 Å². The minimum absolute atomic E-state index is 0.236. The summed E-state index contributed by atoms with van der Waals surface area (Å²) < 4.78 is 0. The number of imide groups is 1. The summed E-state index contributed by atoms with van der Waals surface area (Å²) in [6, 6.07) is 3.97. The van der Waals surface area contributed by atoms with Crippen molar-refractivity contribution >= 4 is 35.2 Å². The molecule has 1 aliphatic rings. The molecule has 1 aliphatic heterocycles. The number of aryl methyl sites for hydroxylation is 3. The molecule has 1 fully saturated rings. The van der Waals surface area contributed by atoms with E-state index in [-0.39, 0.29) is 34.8 Å². The lowest BCUT2D eigenvalue weighted by Gasteiger charge is -2.31. The molecule has 0 bridgehead atoms. The van der Waals surface area contributed by atoms with Gasteiger partial charge in [0.2, 0.25) is 17.7 Å². The van der Waals surface area contributed by atoms with Gasteiger partial charge in [-0.15, -0.1) is 11.8 Å². The maximum absolute atomic E-state index is 12.3. The number of amides is 3. The largest absolute Gasteiger partial charge is 0.324 e. The number of nitrogens with one attached hydrogen (secondary N) is 1. The highest BCUT2D eigenvalue weighted by molar-refractivity contribution is 8.02. The molecule has 1 aromatic carbocycles. The Bertz CT molecular complexity index is 629. The van der Waals surface area contributed by atoms with Crippen molar-refractivity contribution in [3.8, 4) is 0 Å². The first-order chi connectivity index (χ1) is 10.7. The van der Waals surface area contributed by atoms with Gasteiger partial charge >= 0.3 is 0 Å². The van der Waals surface area contributed by atoms with E-state index in [1.54, 1.807) is 13.8 Å². The molecule has 5 nitrogen and oxygen atoms in total.